The predicted octanol–water partition coefficient (Wildman–Crippen LogP) is 0.575. The third-order valence-corrected chi connectivity index (χ3v) is 2.49. The molecule has 18 heavy (non-hydrogen) atoms. The van der Waals surface area contributed by atoms with Crippen LogP contribution in [0.15, 0.2) is 0 Å². The van der Waals surface area contributed by atoms with Gasteiger partial charge < -0.3 is 20.7 Å². The molecule has 0 unspecified atom stereocenters. The van der Waals surface area contributed by atoms with Gasteiger partial charge in [0.2, 0.25) is 17.5 Å². The van der Waals surface area contributed by atoms with Crippen molar-refractivity contribution < 1.29 is 9.72 Å². The largest absolute Gasteiger partial charge is 0.406 e. The second-order valence-electron chi connectivity index (χ2n) is 3.78. The number of rotatable bonds is 6. The Morgan fingerprint density at radius 1 is 1.56 bits per heavy atom. The Hall–Kier alpha value is -2.12. The molecule has 0 radical (unpaired) electrons. The van der Waals surface area contributed by atoms with Crippen molar-refractivity contribution in [3.8, 4) is 0 Å². The Kier molecular flexibility index (Phi) is 4.64. The molecule has 0 atom stereocenters. The van der Waals surface area contributed by atoms with Crippen LogP contribution in [0.2, 0.25) is 0 Å². The lowest BCUT2D eigenvalue weighted by molar-refractivity contribution is -0.388. The summed E-state index contributed by atoms with van der Waals surface area (Å²) in [6.07, 6.45) is 0.259. The van der Waals surface area contributed by atoms with Crippen LogP contribution in [0.1, 0.15) is 19.2 Å². The summed E-state index contributed by atoms with van der Waals surface area (Å²) in [5.74, 6) is 0.557. The number of aryl methyl sites for hydroxylation is 1. The van der Waals surface area contributed by atoms with Crippen molar-refractivity contribution in [1.82, 2.24) is 14.9 Å². The highest BCUT2D eigenvalue weighted by molar-refractivity contribution is 5.76. The Morgan fingerprint density at radius 2 is 2.22 bits per heavy atom. The van der Waals surface area contributed by atoms with Gasteiger partial charge in [0.15, 0.2) is 0 Å². The third kappa shape index (κ3) is 3.19. The Balaban J connectivity index is 2.67. The number of amides is 1. The van der Waals surface area contributed by atoms with Gasteiger partial charge in [-0.3, -0.25) is 9.36 Å². The van der Waals surface area contributed by atoms with Crippen molar-refractivity contribution in [2.24, 2.45) is 7.05 Å². The highest BCUT2D eigenvalue weighted by Crippen LogP contribution is 2.23. The fourth-order valence-electron chi connectivity index (χ4n) is 1.50. The lowest BCUT2D eigenvalue weighted by Crippen LogP contribution is -2.25. The molecule has 0 bridgehead atoms. The van der Waals surface area contributed by atoms with Gasteiger partial charge in [0.1, 0.15) is 0 Å². The number of carbonyl (C=O) groups is 1. The quantitative estimate of drug-likeness (QED) is 0.571. The fraction of sp³-hybridized carbons (Fsp3) is 0.600. The van der Waals surface area contributed by atoms with E-state index >= 15 is 0 Å². The molecular formula is C10H17N5O3. The zero-order valence-electron chi connectivity index (χ0n) is 10.7. The van der Waals surface area contributed by atoms with Crippen LogP contribution in [0.25, 0.3) is 0 Å². The standard InChI is InChI=1S/C10H17N5O3/c1-4-11-8(16)5-6-12-9-10(15(17)18)13-7(2)14(9)3/h12H,4-6H2,1-3H3,(H,11,16). The first-order valence-electron chi connectivity index (χ1n) is 5.65. The summed E-state index contributed by atoms with van der Waals surface area (Å²) < 4.78 is 1.59. The van der Waals surface area contributed by atoms with Crippen molar-refractivity contribution in [3.05, 3.63) is 15.9 Å². The summed E-state index contributed by atoms with van der Waals surface area (Å²) in [4.78, 5) is 25.3. The molecule has 0 saturated heterocycles. The normalized spacial score (nSPS) is 10.2. The summed E-state index contributed by atoms with van der Waals surface area (Å²) in [6, 6.07) is 0. The second kappa shape index (κ2) is 5.99. The molecule has 0 saturated carbocycles. The van der Waals surface area contributed by atoms with E-state index in [0.717, 1.165) is 0 Å². The van der Waals surface area contributed by atoms with Crippen LogP contribution in [0.3, 0.4) is 0 Å². The molecule has 0 aromatic carbocycles. The Morgan fingerprint density at radius 3 is 2.78 bits per heavy atom. The van der Waals surface area contributed by atoms with Crippen LogP contribution >= 0.6 is 0 Å². The maximum atomic E-state index is 11.2. The molecule has 8 heteroatoms. The van der Waals surface area contributed by atoms with Crippen LogP contribution in [0.4, 0.5) is 11.6 Å². The van der Waals surface area contributed by atoms with Crippen molar-refractivity contribution in [3.63, 3.8) is 0 Å². The molecule has 1 amide bonds. The number of nitrogens with zero attached hydrogens (tertiary/aromatic N) is 3. The number of imidazole rings is 1. The van der Waals surface area contributed by atoms with E-state index in [9.17, 15) is 14.9 Å². The zero-order valence-corrected chi connectivity index (χ0v) is 10.7. The highest BCUT2D eigenvalue weighted by atomic mass is 16.6. The van der Waals surface area contributed by atoms with Gasteiger partial charge in [-0.15, -0.1) is 0 Å². The van der Waals surface area contributed by atoms with E-state index in [0.29, 0.717) is 24.7 Å². The molecular weight excluding hydrogens is 238 g/mol. The maximum absolute atomic E-state index is 11.2. The van der Waals surface area contributed by atoms with Gasteiger partial charge in [-0.1, -0.05) is 0 Å². The molecule has 8 nitrogen and oxygen atoms in total. The van der Waals surface area contributed by atoms with Gasteiger partial charge in [0.25, 0.3) is 0 Å². The predicted molar refractivity (Wildman–Crippen MR) is 66.4 cm³/mol. The van der Waals surface area contributed by atoms with E-state index < -0.39 is 4.92 Å². The number of carbonyl (C=O) groups excluding carboxylic acids is 1. The molecule has 0 aliphatic rings. The molecule has 1 heterocycles. The van der Waals surface area contributed by atoms with Crippen LogP contribution in [0.5, 0.6) is 0 Å². The molecule has 0 spiro atoms. The molecule has 1 aromatic rings. The van der Waals surface area contributed by atoms with Gasteiger partial charge in [-0.2, -0.15) is 0 Å². The molecule has 2 N–H and O–H groups in total. The topological polar surface area (TPSA) is 102 Å². The first-order chi connectivity index (χ1) is 8.47. The first-order valence-corrected chi connectivity index (χ1v) is 5.65. The number of hydrogen-bond donors (Lipinski definition) is 2. The van der Waals surface area contributed by atoms with Gasteiger partial charge in [-0.05, 0) is 16.8 Å². The number of nitro groups is 1. The maximum Gasteiger partial charge on any atom is 0.406 e. The first kappa shape index (κ1) is 13.9. The van der Waals surface area contributed by atoms with Crippen LogP contribution in [-0.4, -0.2) is 33.5 Å². The summed E-state index contributed by atoms with van der Waals surface area (Å²) >= 11 is 0. The minimum atomic E-state index is -0.540. The van der Waals surface area contributed by atoms with Crippen molar-refractivity contribution >= 4 is 17.5 Å². The van der Waals surface area contributed by atoms with Gasteiger partial charge >= 0.3 is 5.82 Å². The number of hydrogen-bond acceptors (Lipinski definition) is 5. The van der Waals surface area contributed by atoms with Gasteiger partial charge in [0, 0.05) is 33.5 Å². The SMILES string of the molecule is CCNC(=O)CCNc1c([N+](=O)[O-])nc(C)n1C. The van der Waals surface area contributed by atoms with E-state index in [4.69, 9.17) is 0 Å². The minimum Gasteiger partial charge on any atom is -0.364 e. The Bertz CT molecular complexity index is 455. The minimum absolute atomic E-state index is 0.0912. The molecule has 0 fully saturated rings. The van der Waals surface area contributed by atoms with E-state index in [2.05, 4.69) is 15.6 Å². The summed E-state index contributed by atoms with van der Waals surface area (Å²) in [7, 11) is 1.68. The van der Waals surface area contributed by atoms with Gasteiger partial charge in [0.05, 0.1) is 0 Å². The van der Waals surface area contributed by atoms with E-state index in [-0.39, 0.29) is 18.1 Å². The van der Waals surface area contributed by atoms with Crippen molar-refractivity contribution in [1.29, 1.82) is 0 Å². The lowest BCUT2D eigenvalue weighted by Gasteiger charge is -2.06. The number of aromatic nitrogens is 2. The van der Waals surface area contributed by atoms with Crippen LogP contribution < -0.4 is 10.6 Å². The summed E-state index contributed by atoms with van der Waals surface area (Å²) in [6.45, 7) is 4.41. The van der Waals surface area contributed by atoms with Gasteiger partial charge in [-0.25, -0.2) is 0 Å². The molecule has 1 aromatic heterocycles. The van der Waals surface area contributed by atoms with Crippen molar-refractivity contribution in [2.45, 2.75) is 20.3 Å². The molecule has 100 valence electrons. The molecule has 1 rings (SSSR count). The average molecular weight is 255 g/mol. The Labute approximate surface area is 105 Å². The summed E-state index contributed by atoms with van der Waals surface area (Å²) in [5, 5.41) is 16.3. The lowest BCUT2D eigenvalue weighted by atomic mass is 10.4. The van der Waals surface area contributed by atoms with E-state index in [1.54, 1.807) is 18.5 Å². The smallest absolute Gasteiger partial charge is 0.364 e. The second-order valence-corrected chi connectivity index (χ2v) is 3.78. The molecule has 0 aliphatic heterocycles. The van der Waals surface area contributed by atoms with Crippen LogP contribution in [-0.2, 0) is 11.8 Å². The zero-order chi connectivity index (χ0) is 13.7. The van der Waals surface area contributed by atoms with E-state index in [1.807, 2.05) is 6.92 Å². The van der Waals surface area contributed by atoms with E-state index in [1.165, 1.54) is 0 Å². The van der Waals surface area contributed by atoms with Crippen molar-refractivity contribution in [2.75, 3.05) is 18.4 Å². The fourth-order valence-corrected chi connectivity index (χ4v) is 1.50. The number of nitrogens with one attached hydrogen (secondary N) is 2. The summed E-state index contributed by atoms with van der Waals surface area (Å²) in [5.41, 5.74) is 0. The molecule has 0 aliphatic carbocycles. The van der Waals surface area contributed by atoms with Crippen LogP contribution in [0, 0.1) is 17.0 Å². The average Bonchev–Trinajstić information content (AvgIpc) is 2.57. The third-order valence-electron chi connectivity index (χ3n) is 2.49. The number of anilines is 1. The highest BCUT2D eigenvalue weighted by Gasteiger charge is 2.23. The monoisotopic (exact) mass is 255 g/mol.